The number of carbonyl (C=O) groups is 1. The summed E-state index contributed by atoms with van der Waals surface area (Å²) in [6, 6.07) is 21.1. The van der Waals surface area contributed by atoms with Gasteiger partial charge in [0.15, 0.2) is 5.78 Å². The Hall–Kier alpha value is -3.15. The maximum atomic E-state index is 13.3. The van der Waals surface area contributed by atoms with Gasteiger partial charge in [0.2, 0.25) is 0 Å². The number of benzene rings is 2. The molecule has 1 atom stereocenters. The minimum absolute atomic E-state index is 0.249. The molecular formula is C30H29N3OS. The molecule has 2 aliphatic rings. The van der Waals surface area contributed by atoms with Crippen LogP contribution in [0.15, 0.2) is 71.9 Å². The molecule has 4 nitrogen and oxygen atoms in total. The topological polar surface area (TPSA) is 45.6 Å². The van der Waals surface area contributed by atoms with Crippen LogP contribution in [-0.4, -0.2) is 34.5 Å². The third-order valence-electron chi connectivity index (χ3n) is 7.20. The van der Waals surface area contributed by atoms with Crippen molar-refractivity contribution in [2.45, 2.75) is 39.3 Å². The number of likely N-dealkylation sites (tertiary alicyclic amines) is 1. The van der Waals surface area contributed by atoms with E-state index in [1.807, 2.05) is 36.6 Å². The fourth-order valence-corrected chi connectivity index (χ4v) is 6.58. The number of Topliss-reactive ketones (excluding diaryl/α,β-unsaturated/α-hetero) is 1. The van der Waals surface area contributed by atoms with Gasteiger partial charge in [-0.3, -0.25) is 19.7 Å². The zero-order valence-corrected chi connectivity index (χ0v) is 20.9. The minimum Gasteiger partial charge on any atom is -0.298 e. The Morgan fingerprint density at radius 2 is 2.03 bits per heavy atom. The van der Waals surface area contributed by atoms with E-state index in [2.05, 4.69) is 58.4 Å². The predicted octanol–water partition coefficient (Wildman–Crippen LogP) is 6.44. The molecule has 0 bridgehead atoms. The lowest BCUT2D eigenvalue weighted by Gasteiger charge is -2.32. The van der Waals surface area contributed by atoms with E-state index in [9.17, 15) is 4.79 Å². The van der Waals surface area contributed by atoms with Crippen LogP contribution >= 0.6 is 11.3 Å². The first-order chi connectivity index (χ1) is 17.1. The molecule has 1 saturated heterocycles. The van der Waals surface area contributed by atoms with Crippen molar-refractivity contribution < 1.29 is 4.79 Å². The molecule has 176 valence electrons. The number of aromatic nitrogens is 1. The number of aryl methyl sites for hydroxylation is 1. The maximum absolute atomic E-state index is 13.3. The molecule has 0 spiro atoms. The summed E-state index contributed by atoms with van der Waals surface area (Å²) >= 11 is 1.89. The number of rotatable bonds is 6. The maximum Gasteiger partial charge on any atom is 0.163 e. The number of nitrogens with zero attached hydrogens (tertiary/aromatic N) is 3. The van der Waals surface area contributed by atoms with Crippen molar-refractivity contribution in [3.05, 3.63) is 99.7 Å². The fraction of sp³-hybridized carbons (Fsp3) is 0.300. The van der Waals surface area contributed by atoms with Crippen LogP contribution in [0.3, 0.4) is 0 Å². The number of fused-ring (bicyclic) bond motifs is 2. The van der Waals surface area contributed by atoms with E-state index in [0.29, 0.717) is 18.9 Å². The zero-order chi connectivity index (χ0) is 23.8. The Bertz CT molecular complexity index is 1400. The molecule has 5 heteroatoms. The molecular weight excluding hydrogens is 450 g/mol. The summed E-state index contributed by atoms with van der Waals surface area (Å²) in [6.07, 6.45) is 4.73. The van der Waals surface area contributed by atoms with Crippen LogP contribution in [0.4, 0.5) is 0 Å². The molecule has 0 saturated carbocycles. The van der Waals surface area contributed by atoms with E-state index >= 15 is 0 Å². The second-order valence-corrected chi connectivity index (χ2v) is 11.0. The summed E-state index contributed by atoms with van der Waals surface area (Å²) in [6.45, 7) is 5.76. The highest BCUT2D eigenvalue weighted by Crippen LogP contribution is 2.30. The van der Waals surface area contributed by atoms with Crippen LogP contribution in [0, 0.1) is 12.8 Å². The first-order valence-electron chi connectivity index (χ1n) is 12.5. The summed E-state index contributed by atoms with van der Waals surface area (Å²) in [5.41, 5.74) is 6.13. The Morgan fingerprint density at radius 1 is 1.11 bits per heavy atom. The van der Waals surface area contributed by atoms with Crippen LogP contribution in [0.2, 0.25) is 0 Å². The molecule has 2 aromatic carbocycles. The molecule has 6 rings (SSSR count). The van der Waals surface area contributed by atoms with Crippen LogP contribution in [0.25, 0.3) is 10.1 Å². The number of hydrogen-bond donors (Lipinski definition) is 0. The Kier molecular flexibility index (Phi) is 6.05. The molecule has 0 radical (unpaired) electrons. The van der Waals surface area contributed by atoms with Crippen LogP contribution in [-0.2, 0) is 13.1 Å². The minimum atomic E-state index is 0.249. The molecule has 0 N–H and O–H groups in total. The third-order valence-corrected chi connectivity index (χ3v) is 8.30. The predicted molar refractivity (Wildman–Crippen MR) is 144 cm³/mol. The second kappa shape index (κ2) is 9.48. The first kappa shape index (κ1) is 22.3. The standard InChI is InChI=1S/C30H29N3OS/c1-20-13-24(10-11-31-20)30-27-16-22(8-9-25(27)17-32-30)28(34)14-21-5-4-12-33(18-21)19-26-15-23-6-2-3-7-29(23)35-26/h2-3,6-11,13,15-16,21H,4-5,12,14,17-19H2,1H3/t21-/m0/s1. The number of aliphatic imine (C=N–C) groups is 1. The van der Waals surface area contributed by atoms with Crippen LogP contribution < -0.4 is 0 Å². The highest BCUT2D eigenvalue weighted by atomic mass is 32.1. The van der Waals surface area contributed by atoms with Gasteiger partial charge in [-0.25, -0.2) is 0 Å². The molecule has 1 fully saturated rings. The van der Waals surface area contributed by atoms with Crippen molar-refractivity contribution in [1.29, 1.82) is 0 Å². The SMILES string of the molecule is Cc1cc(C2=NCc3ccc(C(=O)C[C@@H]4CCCN(Cc5cc6ccccc6s5)C4)cc32)ccn1. The normalized spacial score (nSPS) is 18.0. The van der Waals surface area contributed by atoms with Crippen molar-refractivity contribution in [1.82, 2.24) is 9.88 Å². The van der Waals surface area contributed by atoms with Crippen molar-refractivity contribution >= 4 is 32.9 Å². The largest absolute Gasteiger partial charge is 0.298 e. The number of carbonyl (C=O) groups excluding carboxylic acids is 1. The van der Waals surface area contributed by atoms with Gasteiger partial charge in [-0.15, -0.1) is 11.3 Å². The average molecular weight is 480 g/mol. The lowest BCUT2D eigenvalue weighted by Crippen LogP contribution is -2.35. The van der Waals surface area contributed by atoms with E-state index in [4.69, 9.17) is 4.99 Å². The quantitative estimate of drug-likeness (QED) is 0.299. The molecule has 0 unspecified atom stereocenters. The number of ketones is 1. The van der Waals surface area contributed by atoms with Crippen molar-refractivity contribution in [3.63, 3.8) is 0 Å². The number of pyridine rings is 1. The van der Waals surface area contributed by atoms with E-state index in [-0.39, 0.29) is 5.78 Å². The van der Waals surface area contributed by atoms with E-state index in [1.54, 1.807) is 0 Å². The molecule has 35 heavy (non-hydrogen) atoms. The van der Waals surface area contributed by atoms with E-state index in [1.165, 1.54) is 20.5 Å². The van der Waals surface area contributed by atoms with E-state index in [0.717, 1.165) is 60.6 Å². The van der Waals surface area contributed by atoms with Gasteiger partial charge < -0.3 is 0 Å². The van der Waals surface area contributed by atoms with E-state index < -0.39 is 0 Å². The second-order valence-electron chi connectivity index (χ2n) is 9.84. The average Bonchev–Trinajstić information content (AvgIpc) is 3.47. The van der Waals surface area contributed by atoms with Gasteiger partial charge in [-0.05, 0) is 73.5 Å². The summed E-state index contributed by atoms with van der Waals surface area (Å²) < 4.78 is 1.35. The van der Waals surface area contributed by atoms with Gasteiger partial charge in [0.25, 0.3) is 0 Å². The van der Waals surface area contributed by atoms with Crippen LogP contribution in [0.5, 0.6) is 0 Å². The Labute approximate surface area is 210 Å². The highest BCUT2D eigenvalue weighted by Gasteiger charge is 2.25. The van der Waals surface area contributed by atoms with Gasteiger partial charge in [-0.2, -0.15) is 0 Å². The number of piperidine rings is 1. The Balaban J connectivity index is 1.13. The Morgan fingerprint density at radius 3 is 2.91 bits per heavy atom. The molecule has 4 heterocycles. The molecule has 0 aliphatic carbocycles. The van der Waals surface area contributed by atoms with Gasteiger partial charge in [-0.1, -0.05) is 30.3 Å². The fourth-order valence-electron chi connectivity index (χ4n) is 5.47. The van der Waals surface area contributed by atoms with Crippen molar-refractivity contribution in [2.75, 3.05) is 13.1 Å². The van der Waals surface area contributed by atoms with Gasteiger partial charge in [0, 0.05) is 57.7 Å². The molecule has 4 aromatic rings. The van der Waals surface area contributed by atoms with Gasteiger partial charge in [0.05, 0.1) is 12.3 Å². The third kappa shape index (κ3) is 4.71. The first-order valence-corrected chi connectivity index (χ1v) is 13.3. The van der Waals surface area contributed by atoms with Gasteiger partial charge in [0.1, 0.15) is 0 Å². The summed E-state index contributed by atoms with van der Waals surface area (Å²) in [7, 11) is 0. The lowest BCUT2D eigenvalue weighted by atomic mass is 9.89. The van der Waals surface area contributed by atoms with Crippen LogP contribution in [0.1, 0.15) is 56.9 Å². The number of thiophene rings is 1. The number of hydrogen-bond acceptors (Lipinski definition) is 5. The molecule has 0 amide bonds. The monoisotopic (exact) mass is 479 g/mol. The summed E-state index contributed by atoms with van der Waals surface area (Å²) in [5.74, 6) is 0.661. The zero-order valence-electron chi connectivity index (χ0n) is 20.0. The molecule has 2 aliphatic heterocycles. The summed E-state index contributed by atoms with van der Waals surface area (Å²) in [5, 5.41) is 1.33. The van der Waals surface area contributed by atoms with Gasteiger partial charge >= 0.3 is 0 Å². The molecule has 2 aromatic heterocycles. The lowest BCUT2D eigenvalue weighted by molar-refractivity contribution is 0.0913. The van der Waals surface area contributed by atoms with Crippen molar-refractivity contribution in [2.24, 2.45) is 10.9 Å². The summed E-state index contributed by atoms with van der Waals surface area (Å²) in [4.78, 5) is 26.3. The highest BCUT2D eigenvalue weighted by molar-refractivity contribution is 7.19. The van der Waals surface area contributed by atoms with Crippen molar-refractivity contribution in [3.8, 4) is 0 Å². The smallest absolute Gasteiger partial charge is 0.163 e.